The first-order valence-corrected chi connectivity index (χ1v) is 11.8. The molecule has 0 spiro atoms. The Morgan fingerprint density at radius 1 is 1.24 bits per heavy atom. The maximum Gasteiger partial charge on any atom is 0.142 e. The predicted molar refractivity (Wildman–Crippen MR) is 127 cm³/mol. The predicted octanol–water partition coefficient (Wildman–Crippen LogP) is 4.59. The van der Waals surface area contributed by atoms with E-state index in [0.29, 0.717) is 36.6 Å². The van der Waals surface area contributed by atoms with Gasteiger partial charge in [-0.1, -0.05) is 0 Å². The molecule has 1 aliphatic rings. The summed E-state index contributed by atoms with van der Waals surface area (Å²) in [6.45, 7) is 5.12. The first kappa shape index (κ1) is 22.7. The van der Waals surface area contributed by atoms with Crippen molar-refractivity contribution >= 4 is 15.9 Å². The van der Waals surface area contributed by atoms with Gasteiger partial charge in [0.25, 0.3) is 0 Å². The lowest BCUT2D eigenvalue weighted by Gasteiger charge is -2.25. The third kappa shape index (κ3) is 4.60. The van der Waals surface area contributed by atoms with E-state index in [1.807, 2.05) is 37.0 Å². The maximum atomic E-state index is 14.3. The number of rotatable bonds is 7. The number of nitrogens with zero attached hydrogens (tertiary/aromatic N) is 6. The molecule has 0 bridgehead atoms. The number of hydrogen-bond acceptors (Lipinski definition) is 6. The number of aromatic nitrogens is 6. The molecule has 8 nitrogen and oxygen atoms in total. The molecule has 0 amide bonds. The average Bonchev–Trinajstić information content (AvgIpc) is 3.36. The standard InChI is InChI=1S/C24H24BrFN6O2/c1-14-23(7-17(25)10-27-14)34-15(2)21-8-18(26)4-5-20(21)24-22(29-31(3)30-24)6-16-9-28-32(11-16)19-12-33-13-19/h4-5,7-11,15,19H,6,12-13H2,1-3H3/t15-/m1/s1. The van der Waals surface area contributed by atoms with E-state index in [2.05, 4.69) is 36.2 Å². The molecule has 10 heteroatoms. The van der Waals surface area contributed by atoms with Gasteiger partial charge in [0, 0.05) is 41.5 Å². The normalized spacial score (nSPS) is 14.7. The Morgan fingerprint density at radius 2 is 2.06 bits per heavy atom. The van der Waals surface area contributed by atoms with Crippen LogP contribution in [0.15, 0.2) is 47.3 Å². The highest BCUT2D eigenvalue weighted by atomic mass is 79.9. The molecule has 176 valence electrons. The van der Waals surface area contributed by atoms with Crippen molar-refractivity contribution in [2.45, 2.75) is 32.4 Å². The Bertz CT molecular complexity index is 1330. The van der Waals surface area contributed by atoms with Crippen LogP contribution in [0.2, 0.25) is 0 Å². The molecule has 1 aromatic carbocycles. The van der Waals surface area contributed by atoms with Gasteiger partial charge in [0.2, 0.25) is 0 Å². The second-order valence-electron chi connectivity index (χ2n) is 8.41. The molecule has 0 saturated carbocycles. The second-order valence-corrected chi connectivity index (χ2v) is 9.33. The summed E-state index contributed by atoms with van der Waals surface area (Å²) in [5.41, 5.74) is 4.71. The Kier molecular flexibility index (Phi) is 6.18. The lowest BCUT2D eigenvalue weighted by molar-refractivity contribution is -0.0286. The van der Waals surface area contributed by atoms with Gasteiger partial charge in [0.05, 0.1) is 36.8 Å². The van der Waals surface area contributed by atoms with Gasteiger partial charge in [-0.3, -0.25) is 9.67 Å². The molecule has 0 aliphatic carbocycles. The Labute approximate surface area is 204 Å². The van der Waals surface area contributed by atoms with Crippen LogP contribution in [0.5, 0.6) is 5.75 Å². The molecule has 4 heterocycles. The van der Waals surface area contributed by atoms with Crippen LogP contribution in [0.3, 0.4) is 0 Å². The summed E-state index contributed by atoms with van der Waals surface area (Å²) in [6, 6.07) is 6.81. The zero-order valence-electron chi connectivity index (χ0n) is 19.1. The third-order valence-corrected chi connectivity index (χ3v) is 6.26. The molecule has 1 aliphatic heterocycles. The maximum absolute atomic E-state index is 14.3. The second kappa shape index (κ2) is 9.27. The largest absolute Gasteiger partial charge is 0.484 e. The van der Waals surface area contributed by atoms with Crippen molar-refractivity contribution in [2.75, 3.05) is 13.2 Å². The molecule has 1 fully saturated rings. The summed E-state index contributed by atoms with van der Waals surface area (Å²) >= 11 is 3.43. The molecule has 1 saturated heterocycles. The lowest BCUT2D eigenvalue weighted by atomic mass is 9.97. The molecular formula is C24H24BrFN6O2. The molecular weight excluding hydrogens is 503 g/mol. The van der Waals surface area contributed by atoms with Gasteiger partial charge in [0.1, 0.15) is 23.4 Å². The lowest BCUT2D eigenvalue weighted by Crippen LogP contribution is -2.30. The van der Waals surface area contributed by atoms with Gasteiger partial charge in [-0.2, -0.15) is 20.1 Å². The number of pyridine rings is 1. The van der Waals surface area contributed by atoms with E-state index in [-0.39, 0.29) is 11.9 Å². The van der Waals surface area contributed by atoms with Gasteiger partial charge >= 0.3 is 0 Å². The van der Waals surface area contributed by atoms with Gasteiger partial charge < -0.3 is 9.47 Å². The smallest absolute Gasteiger partial charge is 0.142 e. The van der Waals surface area contributed by atoms with Crippen LogP contribution in [0.25, 0.3) is 11.3 Å². The number of hydrogen-bond donors (Lipinski definition) is 0. The van der Waals surface area contributed by atoms with Gasteiger partial charge in [-0.25, -0.2) is 4.39 Å². The monoisotopic (exact) mass is 526 g/mol. The number of halogens is 2. The van der Waals surface area contributed by atoms with E-state index >= 15 is 0 Å². The van der Waals surface area contributed by atoms with Crippen LogP contribution in [0, 0.1) is 12.7 Å². The SMILES string of the molecule is Cc1ncc(Br)cc1O[C@H](C)c1cc(F)ccc1-c1nn(C)nc1Cc1cnn(C2COC2)c1. The van der Waals surface area contributed by atoms with Crippen LogP contribution < -0.4 is 4.74 Å². The van der Waals surface area contributed by atoms with Crippen molar-refractivity contribution < 1.29 is 13.9 Å². The van der Waals surface area contributed by atoms with E-state index in [4.69, 9.17) is 9.47 Å². The zero-order valence-corrected chi connectivity index (χ0v) is 20.7. The van der Waals surface area contributed by atoms with Crippen molar-refractivity contribution in [1.29, 1.82) is 0 Å². The number of benzene rings is 1. The van der Waals surface area contributed by atoms with Crippen molar-refractivity contribution in [2.24, 2.45) is 7.05 Å². The molecule has 4 aromatic rings. The average molecular weight is 527 g/mol. The molecule has 1 atom stereocenters. The summed E-state index contributed by atoms with van der Waals surface area (Å²) < 4.78 is 28.5. The minimum atomic E-state index is -0.447. The Morgan fingerprint density at radius 3 is 2.82 bits per heavy atom. The minimum absolute atomic E-state index is 0.285. The van der Waals surface area contributed by atoms with Gasteiger partial charge in [-0.05, 0) is 59.6 Å². The molecule has 0 unspecified atom stereocenters. The fourth-order valence-electron chi connectivity index (χ4n) is 3.96. The van der Waals surface area contributed by atoms with Crippen molar-refractivity contribution in [3.05, 3.63) is 75.7 Å². The van der Waals surface area contributed by atoms with Crippen LogP contribution in [-0.2, 0) is 18.2 Å². The van der Waals surface area contributed by atoms with Crippen LogP contribution in [0.4, 0.5) is 4.39 Å². The Hall–Kier alpha value is -3.11. The minimum Gasteiger partial charge on any atom is -0.484 e. The first-order valence-electron chi connectivity index (χ1n) is 11.0. The van der Waals surface area contributed by atoms with Gasteiger partial charge in [0.15, 0.2) is 0 Å². The summed E-state index contributed by atoms with van der Waals surface area (Å²) in [5.74, 6) is 0.288. The molecule has 0 N–H and O–H groups in total. The van der Waals surface area contributed by atoms with Crippen molar-refractivity contribution in [3.63, 3.8) is 0 Å². The molecule has 5 rings (SSSR count). The number of aryl methyl sites for hydroxylation is 2. The van der Waals surface area contributed by atoms with Crippen LogP contribution in [-0.4, -0.2) is 43.0 Å². The summed E-state index contributed by atoms with van der Waals surface area (Å²) in [5, 5.41) is 13.7. The van der Waals surface area contributed by atoms with E-state index in [0.717, 1.165) is 27.0 Å². The molecule has 34 heavy (non-hydrogen) atoms. The Balaban J connectivity index is 1.47. The van der Waals surface area contributed by atoms with Crippen LogP contribution >= 0.6 is 15.9 Å². The highest BCUT2D eigenvalue weighted by molar-refractivity contribution is 9.10. The third-order valence-electron chi connectivity index (χ3n) is 5.82. The van der Waals surface area contributed by atoms with Crippen molar-refractivity contribution in [3.8, 4) is 17.0 Å². The van der Waals surface area contributed by atoms with Crippen molar-refractivity contribution in [1.82, 2.24) is 29.8 Å². The van der Waals surface area contributed by atoms with E-state index in [9.17, 15) is 4.39 Å². The summed E-state index contributed by atoms with van der Waals surface area (Å²) in [4.78, 5) is 5.86. The van der Waals surface area contributed by atoms with Crippen LogP contribution in [0.1, 0.15) is 41.6 Å². The highest BCUT2D eigenvalue weighted by Gasteiger charge is 2.24. The quantitative estimate of drug-likeness (QED) is 0.350. The summed E-state index contributed by atoms with van der Waals surface area (Å²) in [7, 11) is 1.78. The van der Waals surface area contributed by atoms with Gasteiger partial charge in [-0.15, -0.1) is 0 Å². The topological polar surface area (TPSA) is 79.9 Å². The fraction of sp³-hybridized carbons (Fsp3) is 0.333. The number of ether oxygens (including phenoxy) is 2. The molecule has 0 radical (unpaired) electrons. The van der Waals surface area contributed by atoms with E-state index in [1.165, 1.54) is 16.9 Å². The fourth-order valence-corrected chi connectivity index (χ4v) is 4.27. The van der Waals surface area contributed by atoms with E-state index < -0.39 is 6.10 Å². The highest BCUT2D eigenvalue weighted by Crippen LogP contribution is 2.34. The molecule has 3 aromatic heterocycles. The first-order chi connectivity index (χ1) is 16.4. The zero-order chi connectivity index (χ0) is 23.8. The summed E-state index contributed by atoms with van der Waals surface area (Å²) in [6.07, 6.45) is 5.68. The van der Waals surface area contributed by atoms with E-state index in [1.54, 1.807) is 19.3 Å².